The number of anilines is 1. The lowest BCUT2D eigenvalue weighted by Crippen LogP contribution is -2.34. The Morgan fingerprint density at radius 3 is 1.87 bits per heavy atom. The SMILES string of the molecule is O=P(Oc1ccccc1)(Oc1ccccc1)[C@@H](NC(=S)Nc1cc(C(F)(F)F)ccc1Cl)c1ccccc1Cl. The lowest BCUT2D eigenvalue weighted by atomic mass is 10.2. The summed E-state index contributed by atoms with van der Waals surface area (Å²) in [5.74, 6) is -0.804. The minimum Gasteiger partial charge on any atom is -0.414 e. The lowest BCUT2D eigenvalue weighted by Gasteiger charge is -2.30. The first-order valence-electron chi connectivity index (χ1n) is 11.3. The molecule has 0 aliphatic carbocycles. The third-order valence-electron chi connectivity index (χ3n) is 5.28. The van der Waals surface area contributed by atoms with Gasteiger partial charge in [0.15, 0.2) is 10.9 Å². The number of thiocarbonyl (C=S) groups is 1. The van der Waals surface area contributed by atoms with E-state index in [0.717, 1.165) is 18.2 Å². The van der Waals surface area contributed by atoms with Crippen LogP contribution < -0.4 is 19.7 Å². The van der Waals surface area contributed by atoms with Gasteiger partial charge in [-0.2, -0.15) is 13.2 Å². The van der Waals surface area contributed by atoms with Crippen LogP contribution in [0.15, 0.2) is 103 Å². The first-order chi connectivity index (χ1) is 18.5. The second-order valence-electron chi connectivity index (χ2n) is 8.06. The first kappa shape index (κ1) is 28.8. The monoisotopic (exact) mass is 610 g/mol. The van der Waals surface area contributed by atoms with Gasteiger partial charge in [0.1, 0.15) is 11.5 Å². The predicted molar refractivity (Wildman–Crippen MR) is 152 cm³/mol. The van der Waals surface area contributed by atoms with Crippen molar-refractivity contribution in [3.05, 3.63) is 124 Å². The fourth-order valence-electron chi connectivity index (χ4n) is 3.48. The molecule has 0 radical (unpaired) electrons. The molecule has 0 amide bonds. The summed E-state index contributed by atoms with van der Waals surface area (Å²) in [6.07, 6.45) is -4.60. The van der Waals surface area contributed by atoms with Crippen LogP contribution in [0.3, 0.4) is 0 Å². The molecule has 0 aromatic heterocycles. The molecule has 2 N–H and O–H groups in total. The summed E-state index contributed by atoms with van der Waals surface area (Å²) in [5.41, 5.74) is -0.719. The van der Waals surface area contributed by atoms with Crippen LogP contribution in [0.4, 0.5) is 18.9 Å². The minimum absolute atomic E-state index is 0.00861. The Morgan fingerprint density at radius 2 is 1.33 bits per heavy atom. The maximum absolute atomic E-state index is 14.6. The van der Waals surface area contributed by atoms with E-state index < -0.39 is 25.1 Å². The van der Waals surface area contributed by atoms with Crippen LogP contribution in [0.5, 0.6) is 11.5 Å². The molecule has 4 aromatic carbocycles. The molecular formula is C27H20Cl2F3N2O3PS. The van der Waals surface area contributed by atoms with E-state index in [4.69, 9.17) is 44.5 Å². The fraction of sp³-hybridized carbons (Fsp3) is 0.0741. The Morgan fingerprint density at radius 1 is 0.795 bits per heavy atom. The van der Waals surface area contributed by atoms with E-state index >= 15 is 0 Å². The Hall–Kier alpha value is -3.23. The highest BCUT2D eigenvalue weighted by molar-refractivity contribution is 7.80. The van der Waals surface area contributed by atoms with Gasteiger partial charge >= 0.3 is 13.8 Å². The predicted octanol–water partition coefficient (Wildman–Crippen LogP) is 9.35. The number of hydrogen-bond acceptors (Lipinski definition) is 4. The van der Waals surface area contributed by atoms with E-state index in [2.05, 4.69) is 10.6 Å². The van der Waals surface area contributed by atoms with Gasteiger partial charge in [-0.05, 0) is 60.7 Å². The summed E-state index contributed by atoms with van der Waals surface area (Å²) < 4.78 is 66.4. The number of para-hydroxylation sites is 2. The Kier molecular flexibility index (Phi) is 9.08. The largest absolute Gasteiger partial charge is 0.457 e. The van der Waals surface area contributed by atoms with Crippen molar-refractivity contribution in [3.8, 4) is 11.5 Å². The average Bonchev–Trinajstić information content (AvgIpc) is 2.89. The Bertz CT molecular complexity index is 1450. The van der Waals surface area contributed by atoms with E-state index in [1.54, 1.807) is 84.9 Å². The van der Waals surface area contributed by atoms with Gasteiger partial charge in [-0.1, -0.05) is 77.8 Å². The van der Waals surface area contributed by atoms with Crippen molar-refractivity contribution >= 4 is 53.8 Å². The summed E-state index contributed by atoms with van der Waals surface area (Å²) in [6.45, 7) is 0. The highest BCUT2D eigenvalue weighted by Crippen LogP contribution is 2.59. The summed E-state index contributed by atoms with van der Waals surface area (Å²) in [6, 6.07) is 26.0. The molecule has 202 valence electrons. The van der Waals surface area contributed by atoms with Gasteiger partial charge in [-0.15, -0.1) is 0 Å². The number of rotatable bonds is 8. The summed E-state index contributed by atoms with van der Waals surface area (Å²) in [7, 11) is -4.26. The second kappa shape index (κ2) is 12.3. The third kappa shape index (κ3) is 7.46. The highest BCUT2D eigenvalue weighted by atomic mass is 35.5. The highest BCUT2D eigenvalue weighted by Gasteiger charge is 2.42. The maximum atomic E-state index is 14.6. The molecule has 0 spiro atoms. The zero-order valence-corrected chi connectivity index (χ0v) is 23.1. The molecule has 0 unspecified atom stereocenters. The zero-order valence-electron chi connectivity index (χ0n) is 19.9. The van der Waals surface area contributed by atoms with E-state index in [1.807, 2.05) is 0 Å². The molecule has 39 heavy (non-hydrogen) atoms. The van der Waals surface area contributed by atoms with Gasteiger partial charge in [-0.3, -0.25) is 0 Å². The van der Waals surface area contributed by atoms with Crippen LogP contribution in [0.25, 0.3) is 0 Å². The molecule has 1 atom stereocenters. The number of nitrogens with one attached hydrogen (secondary N) is 2. The summed E-state index contributed by atoms with van der Waals surface area (Å²) in [4.78, 5) is 0. The van der Waals surface area contributed by atoms with Crippen molar-refractivity contribution in [1.29, 1.82) is 0 Å². The van der Waals surface area contributed by atoms with Crippen LogP contribution >= 0.6 is 43.0 Å². The molecular weight excluding hydrogens is 591 g/mol. The topological polar surface area (TPSA) is 59.6 Å². The lowest BCUT2D eigenvalue weighted by molar-refractivity contribution is -0.137. The molecule has 0 aliphatic rings. The normalized spacial score (nSPS) is 12.3. The van der Waals surface area contributed by atoms with Gasteiger partial charge in [0.2, 0.25) is 0 Å². The summed E-state index contributed by atoms with van der Waals surface area (Å²) >= 11 is 18.0. The Balaban J connectivity index is 1.74. The third-order valence-corrected chi connectivity index (χ3v) is 8.14. The van der Waals surface area contributed by atoms with Crippen LogP contribution in [0, 0.1) is 0 Å². The van der Waals surface area contributed by atoms with E-state index in [-0.39, 0.29) is 32.3 Å². The minimum atomic E-state index is -4.60. The molecule has 4 aromatic rings. The van der Waals surface area contributed by atoms with Gasteiger partial charge in [-0.25, -0.2) is 4.57 Å². The fourth-order valence-corrected chi connectivity index (χ4v) is 6.22. The van der Waals surface area contributed by atoms with E-state index in [9.17, 15) is 17.7 Å². The van der Waals surface area contributed by atoms with Crippen LogP contribution in [-0.4, -0.2) is 5.11 Å². The standard InChI is InChI=1S/C27H20Cl2F3N2O3PS/c28-22-14-8-7-13-21(22)25(34-26(39)33-24-17-18(27(30,31)32)15-16-23(24)29)38(35,36-19-9-3-1-4-10-19)37-20-11-5-2-6-12-20/h1-17,25H,(H2,33,34,39)/t25-/m1/s1. The molecule has 0 bridgehead atoms. The van der Waals surface area contributed by atoms with Crippen molar-refractivity contribution < 1.29 is 26.8 Å². The molecule has 5 nitrogen and oxygen atoms in total. The first-order valence-corrected chi connectivity index (χ1v) is 14.1. The van der Waals surface area contributed by atoms with E-state index in [0.29, 0.717) is 5.56 Å². The van der Waals surface area contributed by atoms with Gasteiger partial charge in [0, 0.05) is 10.6 Å². The van der Waals surface area contributed by atoms with Crippen LogP contribution in [0.2, 0.25) is 10.0 Å². The molecule has 0 saturated carbocycles. The van der Waals surface area contributed by atoms with Crippen molar-refractivity contribution in [2.75, 3.05) is 5.32 Å². The van der Waals surface area contributed by atoms with Crippen molar-refractivity contribution in [3.63, 3.8) is 0 Å². The van der Waals surface area contributed by atoms with E-state index in [1.165, 1.54) is 0 Å². The molecule has 0 fully saturated rings. The molecule has 0 heterocycles. The number of benzene rings is 4. The summed E-state index contributed by atoms with van der Waals surface area (Å²) in [5, 5.41) is 5.54. The molecule has 0 aliphatic heterocycles. The van der Waals surface area contributed by atoms with Crippen molar-refractivity contribution in [1.82, 2.24) is 5.32 Å². The van der Waals surface area contributed by atoms with Crippen molar-refractivity contribution in [2.45, 2.75) is 12.0 Å². The maximum Gasteiger partial charge on any atom is 0.457 e. The molecule has 0 saturated heterocycles. The Labute approximate surface area is 238 Å². The number of halogens is 5. The smallest absolute Gasteiger partial charge is 0.414 e. The quantitative estimate of drug-likeness (QED) is 0.153. The van der Waals surface area contributed by atoms with Gasteiger partial charge < -0.3 is 19.7 Å². The van der Waals surface area contributed by atoms with Crippen LogP contribution in [0.1, 0.15) is 16.9 Å². The zero-order chi connectivity index (χ0) is 28.0. The van der Waals surface area contributed by atoms with Crippen LogP contribution in [-0.2, 0) is 10.7 Å². The average molecular weight is 611 g/mol. The molecule has 12 heteroatoms. The van der Waals surface area contributed by atoms with Gasteiger partial charge in [0.25, 0.3) is 0 Å². The van der Waals surface area contributed by atoms with Gasteiger partial charge in [0.05, 0.1) is 16.3 Å². The number of alkyl halides is 3. The van der Waals surface area contributed by atoms with Crippen molar-refractivity contribution in [2.24, 2.45) is 0 Å². The number of hydrogen-bond donors (Lipinski definition) is 2. The molecule has 4 rings (SSSR count). The second-order valence-corrected chi connectivity index (χ2v) is 11.2.